The molecule has 0 spiro atoms. The number of carboxylic acid groups (broad SMARTS) is 1. The van der Waals surface area contributed by atoms with E-state index in [0.717, 1.165) is 25.7 Å². The fourth-order valence-corrected chi connectivity index (χ4v) is 3.11. The molecule has 5 nitrogen and oxygen atoms in total. The molecule has 6 heteroatoms. The predicted octanol–water partition coefficient (Wildman–Crippen LogP) is 1.46. The summed E-state index contributed by atoms with van der Waals surface area (Å²) in [6.07, 6.45) is 5.83. The first-order valence-corrected chi connectivity index (χ1v) is 8.57. The number of carboxylic acids is 1. The Hall–Kier alpha value is -0.750. The van der Waals surface area contributed by atoms with Crippen LogP contribution in [0.4, 0.5) is 0 Å². The largest absolute Gasteiger partial charge is 0.480 e. The molecular weight excluding hydrogens is 276 g/mol. The maximum Gasteiger partial charge on any atom is 0.326 e. The van der Waals surface area contributed by atoms with Crippen LogP contribution in [0.1, 0.15) is 39.0 Å². The summed E-state index contributed by atoms with van der Waals surface area (Å²) in [6.45, 7) is 2.47. The maximum absolute atomic E-state index is 12.5. The summed E-state index contributed by atoms with van der Waals surface area (Å²) in [6, 6.07) is -0.808. The quantitative estimate of drug-likeness (QED) is 0.662. The molecule has 1 rings (SSSR count). The van der Waals surface area contributed by atoms with E-state index in [2.05, 4.69) is 12.2 Å². The molecule has 1 amide bonds. The molecule has 20 heavy (non-hydrogen) atoms. The Bertz CT molecular complexity index is 341. The summed E-state index contributed by atoms with van der Waals surface area (Å²) in [5.74, 6) is 0.183. The summed E-state index contributed by atoms with van der Waals surface area (Å²) in [7, 11) is 0. The number of aliphatic carboxylic acids is 1. The number of rotatable bonds is 7. The van der Waals surface area contributed by atoms with E-state index in [-0.39, 0.29) is 5.91 Å². The standard InChI is InChI=1S/C14H26N2O3S/c1-10-3-6-14(9-15,7-4-10)13(19)16-11(12(17)18)5-8-20-2/h10-11H,3-9,15H2,1-2H3,(H,16,19)(H,17,18)/t10?,11-,14?/m0/s1. The molecule has 0 aromatic carbocycles. The van der Waals surface area contributed by atoms with Gasteiger partial charge in [0.1, 0.15) is 6.04 Å². The first-order chi connectivity index (χ1) is 9.45. The average molecular weight is 302 g/mol. The summed E-state index contributed by atoms with van der Waals surface area (Å²) < 4.78 is 0. The van der Waals surface area contributed by atoms with Crippen molar-refractivity contribution in [2.24, 2.45) is 17.1 Å². The minimum atomic E-state index is -0.969. The van der Waals surface area contributed by atoms with Gasteiger partial charge in [0.15, 0.2) is 0 Å². The van der Waals surface area contributed by atoms with Gasteiger partial charge in [-0.3, -0.25) is 4.79 Å². The average Bonchev–Trinajstić information content (AvgIpc) is 2.44. The third-order valence-electron chi connectivity index (χ3n) is 4.32. The van der Waals surface area contributed by atoms with E-state index in [4.69, 9.17) is 5.73 Å². The highest BCUT2D eigenvalue weighted by Crippen LogP contribution is 2.38. The van der Waals surface area contributed by atoms with Gasteiger partial charge in [0.05, 0.1) is 5.41 Å². The molecule has 0 aromatic rings. The molecule has 1 aliphatic carbocycles. The highest BCUT2D eigenvalue weighted by atomic mass is 32.2. The minimum absolute atomic E-state index is 0.180. The Morgan fingerprint density at radius 1 is 1.45 bits per heavy atom. The van der Waals surface area contributed by atoms with Gasteiger partial charge < -0.3 is 16.2 Å². The van der Waals surface area contributed by atoms with E-state index in [9.17, 15) is 14.7 Å². The van der Waals surface area contributed by atoms with Crippen molar-refractivity contribution in [1.82, 2.24) is 5.32 Å². The number of nitrogens with two attached hydrogens (primary N) is 1. The Morgan fingerprint density at radius 3 is 2.50 bits per heavy atom. The molecule has 0 aliphatic heterocycles. The van der Waals surface area contributed by atoms with Gasteiger partial charge in [0, 0.05) is 6.54 Å². The number of hydrogen-bond acceptors (Lipinski definition) is 4. The molecule has 1 saturated carbocycles. The monoisotopic (exact) mass is 302 g/mol. The summed E-state index contributed by atoms with van der Waals surface area (Å²) in [4.78, 5) is 23.7. The van der Waals surface area contributed by atoms with Crippen LogP contribution in [0.15, 0.2) is 0 Å². The van der Waals surface area contributed by atoms with E-state index in [1.165, 1.54) is 0 Å². The highest BCUT2D eigenvalue weighted by molar-refractivity contribution is 7.98. The number of nitrogens with one attached hydrogen (secondary N) is 1. The molecule has 0 radical (unpaired) electrons. The number of amides is 1. The molecule has 1 atom stereocenters. The van der Waals surface area contributed by atoms with Gasteiger partial charge in [-0.2, -0.15) is 11.8 Å². The number of hydrogen-bond donors (Lipinski definition) is 3. The molecule has 0 aromatic heterocycles. The number of thioether (sulfide) groups is 1. The second kappa shape index (κ2) is 7.88. The van der Waals surface area contributed by atoms with E-state index in [0.29, 0.717) is 24.6 Å². The van der Waals surface area contributed by atoms with Crippen LogP contribution in [0.25, 0.3) is 0 Å². The lowest BCUT2D eigenvalue weighted by atomic mass is 9.70. The second-order valence-electron chi connectivity index (χ2n) is 5.81. The third-order valence-corrected chi connectivity index (χ3v) is 4.96. The molecule has 0 unspecified atom stereocenters. The zero-order chi connectivity index (χ0) is 15.2. The first kappa shape index (κ1) is 17.3. The maximum atomic E-state index is 12.5. The van der Waals surface area contributed by atoms with Crippen LogP contribution >= 0.6 is 11.8 Å². The molecule has 1 fully saturated rings. The number of carbonyl (C=O) groups is 2. The normalized spacial score (nSPS) is 27.9. The van der Waals surface area contributed by atoms with E-state index >= 15 is 0 Å². The van der Waals surface area contributed by atoms with Gasteiger partial charge in [0.2, 0.25) is 5.91 Å². The van der Waals surface area contributed by atoms with Crippen molar-refractivity contribution in [3.63, 3.8) is 0 Å². The van der Waals surface area contributed by atoms with Crippen molar-refractivity contribution in [3.8, 4) is 0 Å². The molecule has 1 aliphatic rings. The third kappa shape index (κ3) is 4.38. The van der Waals surface area contributed by atoms with E-state index in [1.807, 2.05) is 6.26 Å². The van der Waals surface area contributed by atoms with Crippen LogP contribution in [0, 0.1) is 11.3 Å². The Kier molecular flexibility index (Phi) is 6.82. The SMILES string of the molecule is CSCC[C@H](NC(=O)C1(CN)CCC(C)CC1)C(=O)O. The van der Waals surface area contributed by atoms with Crippen molar-refractivity contribution in [2.45, 2.75) is 45.1 Å². The van der Waals surface area contributed by atoms with Gasteiger partial charge >= 0.3 is 5.97 Å². The minimum Gasteiger partial charge on any atom is -0.480 e. The van der Waals surface area contributed by atoms with Gasteiger partial charge in [-0.05, 0) is 50.0 Å². The van der Waals surface area contributed by atoms with Crippen LogP contribution in [-0.2, 0) is 9.59 Å². The van der Waals surface area contributed by atoms with Crippen LogP contribution in [0.5, 0.6) is 0 Å². The molecule has 0 heterocycles. The second-order valence-corrected chi connectivity index (χ2v) is 6.80. The van der Waals surface area contributed by atoms with Crippen molar-refractivity contribution in [2.75, 3.05) is 18.6 Å². The van der Waals surface area contributed by atoms with Crippen LogP contribution in [0.3, 0.4) is 0 Å². The van der Waals surface area contributed by atoms with Crippen LogP contribution in [0.2, 0.25) is 0 Å². The van der Waals surface area contributed by atoms with E-state index < -0.39 is 17.4 Å². The fourth-order valence-electron chi connectivity index (χ4n) is 2.64. The van der Waals surface area contributed by atoms with Gasteiger partial charge in [-0.15, -0.1) is 0 Å². The fraction of sp³-hybridized carbons (Fsp3) is 0.857. The highest BCUT2D eigenvalue weighted by Gasteiger charge is 2.41. The van der Waals surface area contributed by atoms with Gasteiger partial charge in [-0.1, -0.05) is 6.92 Å². The molecule has 116 valence electrons. The molecule has 0 saturated heterocycles. The molecule has 0 bridgehead atoms. The van der Waals surface area contributed by atoms with Crippen molar-refractivity contribution in [3.05, 3.63) is 0 Å². The summed E-state index contributed by atoms with van der Waals surface area (Å²) in [5.41, 5.74) is 5.25. The zero-order valence-corrected chi connectivity index (χ0v) is 13.2. The number of carbonyl (C=O) groups excluding carboxylic acids is 1. The van der Waals surface area contributed by atoms with Crippen LogP contribution in [-0.4, -0.2) is 41.6 Å². The lowest BCUT2D eigenvalue weighted by Crippen LogP contribution is -2.52. The Balaban J connectivity index is 2.68. The Morgan fingerprint density at radius 2 is 2.05 bits per heavy atom. The lowest BCUT2D eigenvalue weighted by Gasteiger charge is -2.37. The zero-order valence-electron chi connectivity index (χ0n) is 12.4. The first-order valence-electron chi connectivity index (χ1n) is 7.18. The van der Waals surface area contributed by atoms with Crippen molar-refractivity contribution < 1.29 is 14.7 Å². The topological polar surface area (TPSA) is 92.4 Å². The van der Waals surface area contributed by atoms with Gasteiger partial charge in [-0.25, -0.2) is 4.79 Å². The molecule has 4 N–H and O–H groups in total. The van der Waals surface area contributed by atoms with E-state index in [1.54, 1.807) is 11.8 Å². The smallest absolute Gasteiger partial charge is 0.326 e. The lowest BCUT2D eigenvalue weighted by molar-refractivity contribution is -0.144. The summed E-state index contributed by atoms with van der Waals surface area (Å²) >= 11 is 1.58. The summed E-state index contributed by atoms with van der Waals surface area (Å²) in [5, 5.41) is 11.9. The predicted molar refractivity (Wildman–Crippen MR) is 81.7 cm³/mol. The van der Waals surface area contributed by atoms with Crippen molar-refractivity contribution >= 4 is 23.6 Å². The van der Waals surface area contributed by atoms with Crippen molar-refractivity contribution in [1.29, 1.82) is 0 Å². The molecular formula is C14H26N2O3S. The van der Waals surface area contributed by atoms with Crippen LogP contribution < -0.4 is 11.1 Å². The van der Waals surface area contributed by atoms with Gasteiger partial charge in [0.25, 0.3) is 0 Å². The Labute approximate surface area is 125 Å².